The molecule has 0 bridgehead atoms. The lowest BCUT2D eigenvalue weighted by Crippen LogP contribution is -2.51. The van der Waals surface area contributed by atoms with Crippen molar-refractivity contribution in [3.63, 3.8) is 0 Å². The van der Waals surface area contributed by atoms with E-state index in [-0.39, 0.29) is 23.9 Å². The third-order valence-corrected chi connectivity index (χ3v) is 5.87. The van der Waals surface area contributed by atoms with Gasteiger partial charge in [0.05, 0.1) is 0 Å². The summed E-state index contributed by atoms with van der Waals surface area (Å²) >= 11 is 0. The van der Waals surface area contributed by atoms with Crippen LogP contribution in [0.2, 0.25) is 0 Å². The molecule has 2 saturated heterocycles. The average molecular weight is 387 g/mol. The van der Waals surface area contributed by atoms with Crippen molar-refractivity contribution in [3.05, 3.63) is 35.9 Å². The molecule has 2 fully saturated rings. The summed E-state index contributed by atoms with van der Waals surface area (Å²) in [7, 11) is 0. The molecular weight excluding hydrogens is 352 g/mol. The van der Waals surface area contributed by atoms with Crippen molar-refractivity contribution in [2.24, 2.45) is 5.92 Å². The fourth-order valence-corrected chi connectivity index (χ4v) is 4.08. The van der Waals surface area contributed by atoms with Gasteiger partial charge >= 0.3 is 6.03 Å². The molecule has 28 heavy (non-hydrogen) atoms. The normalized spacial score (nSPS) is 19.4. The van der Waals surface area contributed by atoms with E-state index in [1.54, 1.807) is 0 Å². The largest absolute Gasteiger partial charge is 0.356 e. The molecule has 0 spiro atoms. The highest BCUT2D eigenvalue weighted by Crippen LogP contribution is 2.19. The van der Waals surface area contributed by atoms with Gasteiger partial charge in [-0.05, 0) is 37.7 Å². The maximum atomic E-state index is 12.6. The standard InChI is InChI=1S/C22H34N4O2/c1-2-12-23-21(27)19-8-15-26(16-9-19)22(28)24-20-10-13-25(14-11-20)17-18-6-4-3-5-7-18/h3-7,19-20H,2,8-17H2,1H3,(H,23,27)(H,24,28). The summed E-state index contributed by atoms with van der Waals surface area (Å²) in [4.78, 5) is 29.0. The number of rotatable bonds is 6. The number of piperidine rings is 2. The Balaban J connectivity index is 1.35. The van der Waals surface area contributed by atoms with Gasteiger partial charge in [0, 0.05) is 51.2 Å². The van der Waals surface area contributed by atoms with Gasteiger partial charge in [-0.1, -0.05) is 37.3 Å². The van der Waals surface area contributed by atoms with Gasteiger partial charge in [-0.15, -0.1) is 0 Å². The monoisotopic (exact) mass is 386 g/mol. The third kappa shape index (κ3) is 5.96. The molecule has 2 aliphatic heterocycles. The van der Waals surface area contributed by atoms with Crippen LogP contribution in [-0.4, -0.2) is 60.5 Å². The highest BCUT2D eigenvalue weighted by molar-refractivity contribution is 5.79. The van der Waals surface area contributed by atoms with Crippen LogP contribution in [-0.2, 0) is 11.3 Å². The summed E-state index contributed by atoms with van der Waals surface area (Å²) in [6, 6.07) is 10.8. The minimum absolute atomic E-state index is 0.0360. The predicted molar refractivity (Wildman–Crippen MR) is 111 cm³/mol. The Bertz CT molecular complexity index is 621. The van der Waals surface area contributed by atoms with Crippen molar-refractivity contribution in [1.82, 2.24) is 20.4 Å². The van der Waals surface area contributed by atoms with Gasteiger partial charge in [-0.25, -0.2) is 4.79 Å². The fourth-order valence-electron chi connectivity index (χ4n) is 4.08. The lowest BCUT2D eigenvalue weighted by atomic mass is 9.96. The minimum Gasteiger partial charge on any atom is -0.356 e. The molecule has 3 rings (SSSR count). The number of amides is 3. The van der Waals surface area contributed by atoms with Gasteiger partial charge in [0.15, 0.2) is 0 Å². The molecule has 0 radical (unpaired) electrons. The molecule has 3 amide bonds. The van der Waals surface area contributed by atoms with Crippen LogP contribution in [0.1, 0.15) is 44.6 Å². The molecule has 0 atom stereocenters. The maximum absolute atomic E-state index is 12.6. The number of carbonyl (C=O) groups excluding carboxylic acids is 2. The zero-order chi connectivity index (χ0) is 19.8. The van der Waals surface area contributed by atoms with E-state index in [4.69, 9.17) is 0 Å². The fraction of sp³-hybridized carbons (Fsp3) is 0.636. The Labute approximate surface area is 168 Å². The number of nitrogens with zero attached hydrogens (tertiary/aromatic N) is 2. The van der Waals surface area contributed by atoms with Gasteiger partial charge in [0.2, 0.25) is 5.91 Å². The number of urea groups is 1. The highest BCUT2D eigenvalue weighted by Gasteiger charge is 2.28. The second-order valence-corrected chi connectivity index (χ2v) is 8.04. The SMILES string of the molecule is CCCNC(=O)C1CCN(C(=O)NC2CCN(Cc3ccccc3)CC2)CC1. The van der Waals surface area contributed by atoms with Crippen LogP contribution < -0.4 is 10.6 Å². The Hall–Kier alpha value is -2.08. The van der Waals surface area contributed by atoms with E-state index in [2.05, 4.69) is 46.7 Å². The van der Waals surface area contributed by atoms with Crippen molar-refractivity contribution in [3.8, 4) is 0 Å². The van der Waals surface area contributed by atoms with Crippen molar-refractivity contribution in [1.29, 1.82) is 0 Å². The topological polar surface area (TPSA) is 64.7 Å². The third-order valence-electron chi connectivity index (χ3n) is 5.87. The molecular formula is C22H34N4O2. The van der Waals surface area contributed by atoms with E-state index in [0.717, 1.165) is 58.3 Å². The van der Waals surface area contributed by atoms with Crippen molar-refractivity contribution in [2.45, 2.75) is 51.6 Å². The second-order valence-electron chi connectivity index (χ2n) is 8.04. The summed E-state index contributed by atoms with van der Waals surface area (Å²) in [5.41, 5.74) is 1.34. The van der Waals surface area contributed by atoms with Gasteiger partial charge in [-0.2, -0.15) is 0 Å². The summed E-state index contributed by atoms with van der Waals surface area (Å²) in [5, 5.41) is 6.18. The van der Waals surface area contributed by atoms with Crippen molar-refractivity contribution in [2.75, 3.05) is 32.7 Å². The molecule has 2 aliphatic rings. The predicted octanol–water partition coefficient (Wildman–Crippen LogP) is 2.60. The van der Waals surface area contributed by atoms with Crippen molar-refractivity contribution >= 4 is 11.9 Å². The van der Waals surface area contributed by atoms with E-state index in [1.165, 1.54) is 5.56 Å². The first-order valence-electron chi connectivity index (χ1n) is 10.7. The van der Waals surface area contributed by atoms with E-state index < -0.39 is 0 Å². The summed E-state index contributed by atoms with van der Waals surface area (Å²) in [6.07, 6.45) is 4.47. The Morgan fingerprint density at radius 1 is 1.00 bits per heavy atom. The summed E-state index contributed by atoms with van der Waals surface area (Å²) in [6.45, 7) is 7.14. The number of hydrogen-bond donors (Lipinski definition) is 2. The zero-order valence-corrected chi connectivity index (χ0v) is 17.0. The Kier molecular flexibility index (Phi) is 7.71. The smallest absolute Gasteiger partial charge is 0.317 e. The molecule has 0 saturated carbocycles. The molecule has 1 aromatic carbocycles. The number of nitrogens with one attached hydrogen (secondary N) is 2. The molecule has 6 nitrogen and oxygen atoms in total. The first-order valence-corrected chi connectivity index (χ1v) is 10.7. The minimum atomic E-state index is 0.0360. The Morgan fingerprint density at radius 2 is 1.68 bits per heavy atom. The zero-order valence-electron chi connectivity index (χ0n) is 17.0. The quantitative estimate of drug-likeness (QED) is 0.790. The van der Waals surface area contributed by atoms with Crippen molar-refractivity contribution < 1.29 is 9.59 Å². The van der Waals surface area contributed by atoms with E-state index in [9.17, 15) is 9.59 Å². The second kappa shape index (κ2) is 10.5. The van der Waals surface area contributed by atoms with Crippen LogP contribution in [0.4, 0.5) is 4.79 Å². The lowest BCUT2D eigenvalue weighted by Gasteiger charge is -2.35. The molecule has 6 heteroatoms. The lowest BCUT2D eigenvalue weighted by molar-refractivity contribution is -0.126. The van der Waals surface area contributed by atoms with Gasteiger partial charge in [0.1, 0.15) is 0 Å². The van der Waals surface area contributed by atoms with Crippen LogP contribution in [0.3, 0.4) is 0 Å². The van der Waals surface area contributed by atoms with Crippen LogP contribution >= 0.6 is 0 Å². The molecule has 2 N–H and O–H groups in total. The number of hydrogen-bond acceptors (Lipinski definition) is 3. The molecule has 0 unspecified atom stereocenters. The van der Waals surface area contributed by atoms with Gasteiger partial charge < -0.3 is 15.5 Å². The highest BCUT2D eigenvalue weighted by atomic mass is 16.2. The first-order chi connectivity index (χ1) is 13.7. The van der Waals surface area contributed by atoms with Crippen LogP contribution in [0.15, 0.2) is 30.3 Å². The van der Waals surface area contributed by atoms with Crippen LogP contribution in [0.5, 0.6) is 0 Å². The Morgan fingerprint density at radius 3 is 2.32 bits per heavy atom. The summed E-state index contributed by atoms with van der Waals surface area (Å²) < 4.78 is 0. The average Bonchev–Trinajstić information content (AvgIpc) is 2.74. The summed E-state index contributed by atoms with van der Waals surface area (Å²) in [5.74, 6) is 0.199. The van der Waals surface area contributed by atoms with E-state index >= 15 is 0 Å². The number of carbonyl (C=O) groups is 2. The van der Waals surface area contributed by atoms with Gasteiger partial charge in [0.25, 0.3) is 0 Å². The van der Waals surface area contributed by atoms with Crippen LogP contribution in [0, 0.1) is 5.92 Å². The van der Waals surface area contributed by atoms with E-state index in [1.807, 2.05) is 11.0 Å². The molecule has 0 aliphatic carbocycles. The molecule has 2 heterocycles. The van der Waals surface area contributed by atoms with E-state index in [0.29, 0.717) is 13.1 Å². The molecule has 0 aromatic heterocycles. The number of likely N-dealkylation sites (tertiary alicyclic amines) is 2. The van der Waals surface area contributed by atoms with Gasteiger partial charge in [-0.3, -0.25) is 9.69 Å². The van der Waals surface area contributed by atoms with Crippen LogP contribution in [0.25, 0.3) is 0 Å². The first kappa shape index (κ1) is 20.6. The number of benzene rings is 1. The molecule has 154 valence electrons. The maximum Gasteiger partial charge on any atom is 0.317 e. The molecule has 1 aromatic rings.